The van der Waals surface area contributed by atoms with Crippen molar-refractivity contribution in [2.75, 3.05) is 0 Å². The Bertz CT molecular complexity index is 358. The molecule has 1 heterocycles. The van der Waals surface area contributed by atoms with Crippen LogP contribution in [-0.2, 0) is 11.3 Å². The van der Waals surface area contributed by atoms with Gasteiger partial charge in [0.05, 0.1) is 5.02 Å². The van der Waals surface area contributed by atoms with Crippen molar-refractivity contribution in [3.63, 3.8) is 0 Å². The van der Waals surface area contributed by atoms with Crippen molar-refractivity contribution in [3.05, 3.63) is 33.7 Å². The van der Waals surface area contributed by atoms with Gasteiger partial charge in [-0.25, -0.2) is 0 Å². The molecule has 0 radical (unpaired) electrons. The molecule has 64 valence electrons. The summed E-state index contributed by atoms with van der Waals surface area (Å²) in [6, 6.07) is 2.65. The van der Waals surface area contributed by atoms with E-state index in [2.05, 4.69) is 0 Å². The number of hydrogen-bond acceptors (Lipinski definition) is 2. The fourth-order valence-electron chi connectivity index (χ4n) is 0.771. The van der Waals surface area contributed by atoms with Gasteiger partial charge in [-0.2, -0.15) is 0 Å². The molecule has 1 N–H and O–H groups in total. The van der Waals surface area contributed by atoms with Crippen molar-refractivity contribution < 1.29 is 9.90 Å². The van der Waals surface area contributed by atoms with E-state index in [1.807, 2.05) is 0 Å². The largest absolute Gasteiger partial charge is 0.480 e. The van der Waals surface area contributed by atoms with Crippen LogP contribution in [0.1, 0.15) is 0 Å². The van der Waals surface area contributed by atoms with Gasteiger partial charge < -0.3 is 9.67 Å². The van der Waals surface area contributed by atoms with Gasteiger partial charge in [0, 0.05) is 12.3 Å². The monoisotopic (exact) mass is 187 g/mol. The second-order valence-corrected chi connectivity index (χ2v) is 2.64. The maximum absolute atomic E-state index is 10.9. The van der Waals surface area contributed by atoms with Gasteiger partial charge >= 0.3 is 5.97 Å². The number of carboxylic acid groups (broad SMARTS) is 1. The molecule has 1 aromatic heterocycles. The van der Waals surface area contributed by atoms with Crippen LogP contribution in [0.5, 0.6) is 0 Å². The summed E-state index contributed by atoms with van der Waals surface area (Å²) in [5.74, 6) is -1.07. The Hall–Kier alpha value is -1.29. The third kappa shape index (κ3) is 2.10. The lowest BCUT2D eigenvalue weighted by Gasteiger charge is -2.00. The van der Waals surface area contributed by atoms with Gasteiger partial charge in [0.15, 0.2) is 0 Å². The average Bonchev–Trinajstić information content (AvgIpc) is 1.96. The highest BCUT2D eigenvalue weighted by molar-refractivity contribution is 6.30. The fourth-order valence-corrected chi connectivity index (χ4v) is 0.952. The lowest BCUT2D eigenvalue weighted by atomic mass is 10.4. The third-order valence-corrected chi connectivity index (χ3v) is 1.48. The van der Waals surface area contributed by atoms with Crippen molar-refractivity contribution in [1.29, 1.82) is 0 Å². The van der Waals surface area contributed by atoms with E-state index in [1.54, 1.807) is 0 Å². The fraction of sp³-hybridized carbons (Fsp3) is 0.143. The summed E-state index contributed by atoms with van der Waals surface area (Å²) in [7, 11) is 0. The molecule has 0 aliphatic rings. The summed E-state index contributed by atoms with van der Waals surface area (Å²) in [6.07, 6.45) is 1.29. The van der Waals surface area contributed by atoms with Crippen molar-refractivity contribution in [2.24, 2.45) is 0 Å². The van der Waals surface area contributed by atoms with E-state index in [0.717, 1.165) is 4.57 Å². The molecule has 1 rings (SSSR count). The quantitative estimate of drug-likeness (QED) is 0.737. The smallest absolute Gasteiger partial charge is 0.323 e. The summed E-state index contributed by atoms with van der Waals surface area (Å²) < 4.78 is 1.03. The van der Waals surface area contributed by atoms with E-state index in [9.17, 15) is 9.59 Å². The van der Waals surface area contributed by atoms with Crippen LogP contribution in [0.15, 0.2) is 23.1 Å². The topological polar surface area (TPSA) is 59.3 Å². The summed E-state index contributed by atoms with van der Waals surface area (Å²) in [4.78, 5) is 21.2. The summed E-state index contributed by atoms with van der Waals surface area (Å²) in [5.41, 5.74) is -0.373. The number of nitrogens with zero attached hydrogens (tertiary/aromatic N) is 1. The first-order valence-corrected chi connectivity index (χ1v) is 3.55. The zero-order valence-electron chi connectivity index (χ0n) is 6.03. The van der Waals surface area contributed by atoms with E-state index in [1.165, 1.54) is 18.3 Å². The Labute approximate surface area is 73.0 Å². The molecule has 0 amide bonds. The minimum Gasteiger partial charge on any atom is -0.480 e. The predicted molar refractivity (Wildman–Crippen MR) is 43.3 cm³/mol. The maximum atomic E-state index is 10.9. The Morgan fingerprint density at radius 2 is 2.25 bits per heavy atom. The number of carbonyl (C=O) groups is 1. The number of rotatable bonds is 2. The van der Waals surface area contributed by atoms with Gasteiger partial charge in [-0.3, -0.25) is 9.59 Å². The highest BCUT2D eigenvalue weighted by Crippen LogP contribution is 2.02. The lowest BCUT2D eigenvalue weighted by molar-refractivity contribution is -0.137. The molecule has 0 bridgehead atoms. The van der Waals surface area contributed by atoms with Crippen LogP contribution in [0.4, 0.5) is 0 Å². The van der Waals surface area contributed by atoms with Crippen molar-refractivity contribution >= 4 is 17.6 Å². The molecule has 0 aliphatic carbocycles. The van der Waals surface area contributed by atoms with Crippen LogP contribution in [0.25, 0.3) is 0 Å². The van der Waals surface area contributed by atoms with Crippen LogP contribution < -0.4 is 5.56 Å². The zero-order chi connectivity index (χ0) is 9.14. The Morgan fingerprint density at radius 3 is 2.83 bits per heavy atom. The number of aromatic nitrogens is 1. The predicted octanol–water partition coefficient (Wildman–Crippen LogP) is 0.586. The summed E-state index contributed by atoms with van der Waals surface area (Å²) in [6.45, 7) is -0.362. The molecule has 12 heavy (non-hydrogen) atoms. The van der Waals surface area contributed by atoms with Gasteiger partial charge in [0.2, 0.25) is 0 Å². The normalized spacial score (nSPS) is 9.75. The highest BCUT2D eigenvalue weighted by Gasteiger charge is 2.01. The van der Waals surface area contributed by atoms with E-state index >= 15 is 0 Å². The zero-order valence-corrected chi connectivity index (χ0v) is 6.78. The van der Waals surface area contributed by atoms with E-state index in [-0.39, 0.29) is 12.1 Å². The number of hydrogen-bond donors (Lipinski definition) is 1. The van der Waals surface area contributed by atoms with Crippen molar-refractivity contribution in [3.8, 4) is 0 Å². The molecular weight excluding hydrogens is 182 g/mol. The standard InChI is InChI=1S/C7H6ClNO3/c8-5-1-2-6(10)9(3-5)4-7(11)12/h1-3H,4H2,(H,11,12). The molecule has 0 unspecified atom stereocenters. The van der Waals surface area contributed by atoms with Crippen LogP contribution >= 0.6 is 11.6 Å². The van der Waals surface area contributed by atoms with E-state index in [0.29, 0.717) is 5.02 Å². The van der Waals surface area contributed by atoms with E-state index in [4.69, 9.17) is 16.7 Å². The van der Waals surface area contributed by atoms with E-state index < -0.39 is 5.97 Å². The molecule has 0 aliphatic heterocycles. The molecule has 4 nitrogen and oxygen atoms in total. The van der Waals surface area contributed by atoms with Gasteiger partial charge in [0.25, 0.3) is 5.56 Å². The first kappa shape index (κ1) is 8.80. The molecule has 0 saturated carbocycles. The number of halogens is 1. The van der Waals surface area contributed by atoms with Gasteiger partial charge in [-0.05, 0) is 6.07 Å². The molecule has 0 saturated heterocycles. The SMILES string of the molecule is O=C(O)Cn1cc(Cl)ccc1=O. The first-order chi connectivity index (χ1) is 5.59. The summed E-state index contributed by atoms with van der Waals surface area (Å²) in [5, 5.41) is 8.72. The molecule has 0 aromatic carbocycles. The molecule has 5 heteroatoms. The summed E-state index contributed by atoms with van der Waals surface area (Å²) >= 11 is 5.55. The van der Waals surface area contributed by atoms with Crippen molar-refractivity contribution in [1.82, 2.24) is 4.57 Å². The molecule has 1 aromatic rings. The number of aliphatic carboxylic acids is 1. The van der Waals surface area contributed by atoms with Crippen LogP contribution in [0, 0.1) is 0 Å². The molecular formula is C7H6ClNO3. The molecule has 0 atom stereocenters. The van der Waals surface area contributed by atoms with Crippen molar-refractivity contribution in [2.45, 2.75) is 6.54 Å². The average molecular weight is 188 g/mol. The Kier molecular flexibility index (Phi) is 2.50. The molecule has 0 spiro atoms. The Balaban J connectivity index is 3.06. The minimum absolute atomic E-state index is 0.343. The van der Waals surface area contributed by atoms with Gasteiger partial charge in [-0.15, -0.1) is 0 Å². The highest BCUT2D eigenvalue weighted by atomic mass is 35.5. The second-order valence-electron chi connectivity index (χ2n) is 2.21. The maximum Gasteiger partial charge on any atom is 0.323 e. The minimum atomic E-state index is -1.07. The van der Waals surface area contributed by atoms with Gasteiger partial charge in [0.1, 0.15) is 6.54 Å². The number of pyridine rings is 1. The van der Waals surface area contributed by atoms with Crippen LogP contribution in [0.2, 0.25) is 5.02 Å². The van der Waals surface area contributed by atoms with Crippen LogP contribution in [-0.4, -0.2) is 15.6 Å². The number of carboxylic acids is 1. The second kappa shape index (κ2) is 3.40. The third-order valence-electron chi connectivity index (χ3n) is 1.25. The van der Waals surface area contributed by atoms with Crippen LogP contribution in [0.3, 0.4) is 0 Å². The first-order valence-electron chi connectivity index (χ1n) is 3.17. The van der Waals surface area contributed by atoms with Gasteiger partial charge in [-0.1, -0.05) is 11.6 Å². The molecule has 0 fully saturated rings. The Morgan fingerprint density at radius 1 is 1.58 bits per heavy atom. The lowest BCUT2D eigenvalue weighted by Crippen LogP contribution is -2.22.